The van der Waals surface area contributed by atoms with Crippen LogP contribution in [-0.4, -0.2) is 90.0 Å². The Balaban J connectivity index is 1.11. The molecule has 2 N–H and O–H groups in total. The molecule has 48 heavy (non-hydrogen) atoms. The lowest BCUT2D eigenvalue weighted by Crippen LogP contribution is -2.55. The summed E-state index contributed by atoms with van der Waals surface area (Å²) in [5.74, 6) is -1.43. The standard InChI is InChI=1S/C37H44F2N6O3/c1-22-19-44(20-23(2)43(22)4)30-11-12-31(26(16-30)8-7-25-5-6-25)24(3)41-37(48)34-17-29(39)21-45(34)35(46)18-40-36(47)33-13-9-27-15-28(38)10-14-32(27)42-33/h7-16,22-25,29,34H,5-6,17-21H2,1-4H3,(H,40,47)(H,41,48)/b8-7+/t22-,23?,24-,29+,34-/m0/s1. The molecule has 1 unspecified atom stereocenters. The molecule has 5 atom stereocenters. The SMILES string of the molecule is CC1CN(c2ccc([C@H](C)NC(=O)[C@@H]3C[C@@H](F)CN3C(=O)CNC(=O)c3ccc4cc(F)ccc4n3)c(/C=C/C3CC3)c2)C[C@H](C)N1C. The Kier molecular flexibility index (Phi) is 9.78. The smallest absolute Gasteiger partial charge is 0.270 e. The van der Waals surface area contributed by atoms with Gasteiger partial charge in [-0.05, 0) is 94.1 Å². The van der Waals surface area contributed by atoms with E-state index in [1.165, 1.54) is 42.0 Å². The van der Waals surface area contributed by atoms with E-state index in [4.69, 9.17) is 0 Å². The summed E-state index contributed by atoms with van der Waals surface area (Å²) in [6.45, 7) is 7.58. The number of carbonyl (C=O) groups excluding carboxylic acids is 3. The molecule has 0 spiro atoms. The van der Waals surface area contributed by atoms with Crippen LogP contribution >= 0.6 is 0 Å². The van der Waals surface area contributed by atoms with Gasteiger partial charge in [0.05, 0.1) is 24.6 Å². The van der Waals surface area contributed by atoms with Gasteiger partial charge < -0.3 is 20.4 Å². The maximum atomic E-state index is 14.7. The molecule has 9 nitrogen and oxygen atoms in total. The number of amides is 3. The number of halogens is 2. The van der Waals surface area contributed by atoms with Gasteiger partial charge in [-0.1, -0.05) is 24.3 Å². The Morgan fingerprint density at radius 2 is 1.77 bits per heavy atom. The van der Waals surface area contributed by atoms with Crippen molar-refractivity contribution in [2.45, 2.75) is 70.4 Å². The molecule has 1 aromatic heterocycles. The quantitative estimate of drug-likeness (QED) is 0.341. The highest BCUT2D eigenvalue weighted by atomic mass is 19.1. The van der Waals surface area contributed by atoms with Gasteiger partial charge in [0.15, 0.2) is 0 Å². The summed E-state index contributed by atoms with van der Waals surface area (Å²) >= 11 is 0. The molecule has 1 saturated carbocycles. The minimum absolute atomic E-state index is 0.0593. The number of allylic oxidation sites excluding steroid dienone is 1. The van der Waals surface area contributed by atoms with Crippen LogP contribution in [0.4, 0.5) is 14.5 Å². The van der Waals surface area contributed by atoms with Crippen molar-refractivity contribution in [2.75, 3.05) is 38.1 Å². The van der Waals surface area contributed by atoms with Crippen molar-refractivity contribution in [2.24, 2.45) is 5.92 Å². The van der Waals surface area contributed by atoms with Crippen LogP contribution in [0.2, 0.25) is 0 Å². The first-order chi connectivity index (χ1) is 23.0. The number of alkyl halides is 1. The molecule has 3 fully saturated rings. The number of likely N-dealkylation sites (N-methyl/N-ethyl adjacent to an activating group) is 1. The molecule has 254 valence electrons. The molecule has 3 heterocycles. The normalized spacial score (nSPS) is 23.9. The summed E-state index contributed by atoms with van der Waals surface area (Å²) < 4.78 is 28.2. The lowest BCUT2D eigenvalue weighted by Gasteiger charge is -2.43. The summed E-state index contributed by atoms with van der Waals surface area (Å²) in [7, 11) is 2.17. The van der Waals surface area contributed by atoms with Crippen LogP contribution in [0.5, 0.6) is 0 Å². The second-order valence-corrected chi connectivity index (χ2v) is 13.6. The Bertz CT molecular complexity index is 1720. The number of fused-ring (bicyclic) bond motifs is 1. The molecule has 0 bridgehead atoms. The number of nitrogens with one attached hydrogen (secondary N) is 2. The van der Waals surface area contributed by atoms with Crippen molar-refractivity contribution < 1.29 is 23.2 Å². The number of carbonyl (C=O) groups is 3. The summed E-state index contributed by atoms with van der Waals surface area (Å²) in [6, 6.07) is 12.9. The fourth-order valence-corrected chi connectivity index (χ4v) is 6.71. The highest BCUT2D eigenvalue weighted by Crippen LogP contribution is 2.33. The first-order valence-corrected chi connectivity index (χ1v) is 16.8. The summed E-state index contributed by atoms with van der Waals surface area (Å²) in [6.07, 6.45) is 5.27. The molecule has 11 heteroatoms. The highest BCUT2D eigenvalue weighted by molar-refractivity contribution is 5.97. The molecular formula is C37H44F2N6O3. The summed E-state index contributed by atoms with van der Waals surface area (Å²) in [4.78, 5) is 49.8. The number of likely N-dealkylation sites (tertiary alicyclic amines) is 1. The number of pyridine rings is 1. The number of nitrogens with zero attached hydrogens (tertiary/aromatic N) is 4. The number of anilines is 1. The molecule has 2 saturated heterocycles. The van der Waals surface area contributed by atoms with E-state index in [9.17, 15) is 23.2 Å². The van der Waals surface area contributed by atoms with E-state index in [2.05, 4.69) is 76.7 Å². The average molecular weight is 659 g/mol. The third-order valence-electron chi connectivity index (χ3n) is 9.95. The maximum absolute atomic E-state index is 14.7. The predicted octanol–water partition coefficient (Wildman–Crippen LogP) is 4.87. The van der Waals surface area contributed by atoms with Gasteiger partial charge in [0.25, 0.3) is 5.91 Å². The van der Waals surface area contributed by atoms with E-state index >= 15 is 0 Å². The van der Waals surface area contributed by atoms with Crippen molar-refractivity contribution in [1.82, 2.24) is 25.4 Å². The van der Waals surface area contributed by atoms with Crippen LogP contribution in [0.3, 0.4) is 0 Å². The predicted molar refractivity (Wildman–Crippen MR) is 183 cm³/mol. The summed E-state index contributed by atoms with van der Waals surface area (Å²) in [5.41, 5.74) is 3.62. The second-order valence-electron chi connectivity index (χ2n) is 13.6. The largest absolute Gasteiger partial charge is 0.368 e. The van der Waals surface area contributed by atoms with Crippen molar-refractivity contribution in [3.05, 3.63) is 77.2 Å². The Hall–Kier alpha value is -4.38. The average Bonchev–Trinajstić information content (AvgIpc) is 3.82. The molecule has 3 amide bonds. The van der Waals surface area contributed by atoms with Crippen LogP contribution < -0.4 is 15.5 Å². The van der Waals surface area contributed by atoms with E-state index in [1.54, 1.807) is 6.07 Å². The number of hydrogen-bond acceptors (Lipinski definition) is 6. The molecule has 1 aliphatic carbocycles. The van der Waals surface area contributed by atoms with Gasteiger partial charge >= 0.3 is 0 Å². The Morgan fingerprint density at radius 3 is 2.50 bits per heavy atom. The van der Waals surface area contributed by atoms with Gasteiger partial charge in [-0.2, -0.15) is 0 Å². The lowest BCUT2D eigenvalue weighted by atomic mass is 9.98. The van der Waals surface area contributed by atoms with Crippen molar-refractivity contribution in [3.8, 4) is 0 Å². The summed E-state index contributed by atoms with van der Waals surface area (Å²) in [5, 5.41) is 6.11. The third-order valence-corrected chi connectivity index (χ3v) is 9.95. The van der Waals surface area contributed by atoms with E-state index in [0.29, 0.717) is 28.9 Å². The minimum atomic E-state index is -1.36. The zero-order valence-corrected chi connectivity index (χ0v) is 28.0. The topological polar surface area (TPSA) is 97.9 Å². The van der Waals surface area contributed by atoms with Crippen LogP contribution in [-0.2, 0) is 9.59 Å². The van der Waals surface area contributed by atoms with Crippen molar-refractivity contribution in [3.63, 3.8) is 0 Å². The molecule has 2 aliphatic heterocycles. The van der Waals surface area contributed by atoms with Crippen molar-refractivity contribution in [1.29, 1.82) is 0 Å². The molecule has 0 radical (unpaired) electrons. The Labute approximate surface area is 280 Å². The van der Waals surface area contributed by atoms with E-state index < -0.39 is 48.3 Å². The highest BCUT2D eigenvalue weighted by Gasteiger charge is 2.40. The van der Waals surface area contributed by atoms with E-state index in [-0.39, 0.29) is 18.7 Å². The van der Waals surface area contributed by atoms with Crippen LogP contribution in [0.15, 0.2) is 54.6 Å². The second kappa shape index (κ2) is 14.0. The van der Waals surface area contributed by atoms with E-state index in [1.807, 2.05) is 6.92 Å². The van der Waals surface area contributed by atoms with Gasteiger partial charge in [-0.3, -0.25) is 19.3 Å². The number of rotatable bonds is 9. The van der Waals surface area contributed by atoms with Gasteiger partial charge in [0.1, 0.15) is 23.7 Å². The zero-order chi connectivity index (χ0) is 34.1. The molecule has 3 aromatic rings. The third kappa shape index (κ3) is 7.51. The van der Waals surface area contributed by atoms with Gasteiger partial charge in [-0.25, -0.2) is 13.8 Å². The maximum Gasteiger partial charge on any atom is 0.270 e. The molecule has 3 aliphatic rings. The number of hydrogen-bond donors (Lipinski definition) is 2. The first kappa shape index (κ1) is 33.5. The minimum Gasteiger partial charge on any atom is -0.368 e. The Morgan fingerprint density at radius 1 is 1.02 bits per heavy atom. The van der Waals surface area contributed by atoms with Gasteiger partial charge in [0, 0.05) is 42.7 Å². The van der Waals surface area contributed by atoms with Crippen LogP contribution in [0.25, 0.3) is 17.0 Å². The molecule has 2 aromatic carbocycles. The molecular weight excluding hydrogens is 614 g/mol. The molecule has 6 rings (SSSR count). The van der Waals surface area contributed by atoms with E-state index in [0.717, 1.165) is 29.9 Å². The van der Waals surface area contributed by atoms with Crippen LogP contribution in [0.1, 0.15) is 67.7 Å². The first-order valence-electron chi connectivity index (χ1n) is 16.8. The fourth-order valence-electron chi connectivity index (χ4n) is 6.71. The fraction of sp³-hybridized carbons (Fsp3) is 0.459. The van der Waals surface area contributed by atoms with Gasteiger partial charge in [-0.15, -0.1) is 0 Å². The number of piperazine rings is 1. The number of aromatic nitrogens is 1. The van der Waals surface area contributed by atoms with Crippen LogP contribution in [0, 0.1) is 11.7 Å². The monoisotopic (exact) mass is 658 g/mol. The lowest BCUT2D eigenvalue weighted by molar-refractivity contribution is -0.138. The zero-order valence-electron chi connectivity index (χ0n) is 28.0. The van der Waals surface area contributed by atoms with Crippen molar-refractivity contribution >= 4 is 40.4 Å². The number of benzene rings is 2. The van der Waals surface area contributed by atoms with Gasteiger partial charge in [0.2, 0.25) is 11.8 Å².